The number of nitrogens with one attached hydrogen (secondary N) is 1. The highest BCUT2D eigenvalue weighted by atomic mass is 35.5. The molecule has 2 atom stereocenters. The molecule has 2 N–H and O–H groups in total. The van der Waals surface area contributed by atoms with Crippen LogP contribution in [-0.2, 0) is 0 Å². The van der Waals surface area contributed by atoms with Crippen molar-refractivity contribution in [3.05, 3.63) is 17.5 Å². The van der Waals surface area contributed by atoms with Crippen molar-refractivity contribution < 1.29 is 5.11 Å². The number of hydrogen-bond acceptors (Lipinski definition) is 4. The van der Waals surface area contributed by atoms with Crippen LogP contribution in [0.1, 0.15) is 26.7 Å². The molecule has 0 bridgehead atoms. The van der Waals surface area contributed by atoms with E-state index in [1.54, 1.807) is 6.20 Å². The number of hydrogen-bond donors (Lipinski definition) is 2. The molecule has 0 spiro atoms. The lowest BCUT2D eigenvalue weighted by molar-refractivity contribution is 0.224. The molecule has 90 valence electrons. The highest BCUT2D eigenvalue weighted by Crippen LogP contribution is 2.14. The smallest absolute Gasteiger partial charge is 0.149 e. The van der Waals surface area contributed by atoms with E-state index < -0.39 is 0 Å². The molecular formula is C11H18ClN3O. The maximum Gasteiger partial charge on any atom is 0.149 e. The number of nitrogens with zero attached hydrogens (tertiary/aromatic N) is 2. The second-order valence-electron chi connectivity index (χ2n) is 4.00. The molecule has 2 unspecified atom stereocenters. The summed E-state index contributed by atoms with van der Waals surface area (Å²) in [6.45, 7) is 4.33. The second kappa shape index (κ2) is 6.66. The van der Waals surface area contributed by atoms with Crippen molar-refractivity contribution in [2.45, 2.75) is 32.7 Å². The van der Waals surface area contributed by atoms with Crippen LogP contribution < -0.4 is 5.32 Å². The van der Waals surface area contributed by atoms with Crippen LogP contribution in [0.2, 0.25) is 5.15 Å². The van der Waals surface area contributed by atoms with E-state index in [-0.39, 0.29) is 18.6 Å². The van der Waals surface area contributed by atoms with Crippen LogP contribution in [0.25, 0.3) is 0 Å². The lowest BCUT2D eigenvalue weighted by atomic mass is 10.0. The monoisotopic (exact) mass is 243 g/mol. The number of anilines is 1. The summed E-state index contributed by atoms with van der Waals surface area (Å²) in [6.07, 6.45) is 5.03. The lowest BCUT2D eigenvalue weighted by Crippen LogP contribution is -2.23. The summed E-state index contributed by atoms with van der Waals surface area (Å²) >= 11 is 5.75. The van der Waals surface area contributed by atoms with Gasteiger partial charge in [-0.3, -0.25) is 4.98 Å². The Morgan fingerprint density at radius 1 is 1.50 bits per heavy atom. The van der Waals surface area contributed by atoms with E-state index in [2.05, 4.69) is 22.2 Å². The van der Waals surface area contributed by atoms with Crippen LogP contribution in [0.15, 0.2) is 12.4 Å². The maximum absolute atomic E-state index is 9.01. The molecule has 0 aliphatic heterocycles. The average Bonchev–Trinajstić information content (AvgIpc) is 2.28. The van der Waals surface area contributed by atoms with Gasteiger partial charge >= 0.3 is 0 Å². The predicted octanol–water partition coefficient (Wildman–Crippen LogP) is 2.34. The lowest BCUT2D eigenvalue weighted by Gasteiger charge is -2.20. The van der Waals surface area contributed by atoms with Crippen LogP contribution in [0.5, 0.6) is 0 Å². The third-order valence-corrected chi connectivity index (χ3v) is 2.63. The summed E-state index contributed by atoms with van der Waals surface area (Å²) < 4.78 is 0. The van der Waals surface area contributed by atoms with Gasteiger partial charge in [-0.2, -0.15) is 0 Å². The van der Waals surface area contributed by atoms with E-state index in [1.807, 2.05) is 6.92 Å². The molecule has 0 aliphatic carbocycles. The van der Waals surface area contributed by atoms with Gasteiger partial charge in [0.25, 0.3) is 0 Å². The van der Waals surface area contributed by atoms with E-state index in [1.165, 1.54) is 6.20 Å². The SMILES string of the molecule is CCC(CC(C)CO)Nc1cncc(Cl)n1. The quantitative estimate of drug-likeness (QED) is 0.805. The topological polar surface area (TPSA) is 58.0 Å². The van der Waals surface area contributed by atoms with E-state index in [9.17, 15) is 0 Å². The molecule has 0 amide bonds. The fourth-order valence-corrected chi connectivity index (χ4v) is 1.66. The fourth-order valence-electron chi connectivity index (χ4n) is 1.51. The van der Waals surface area contributed by atoms with Gasteiger partial charge in [0, 0.05) is 12.6 Å². The Bertz CT molecular complexity index is 322. The van der Waals surface area contributed by atoms with Gasteiger partial charge in [0.1, 0.15) is 11.0 Å². The van der Waals surface area contributed by atoms with Crippen LogP contribution in [0, 0.1) is 5.92 Å². The Hall–Kier alpha value is -0.870. The molecule has 0 radical (unpaired) electrons. The highest BCUT2D eigenvalue weighted by molar-refractivity contribution is 6.29. The van der Waals surface area contributed by atoms with E-state index in [4.69, 9.17) is 16.7 Å². The Morgan fingerprint density at radius 2 is 2.25 bits per heavy atom. The molecule has 0 saturated carbocycles. The highest BCUT2D eigenvalue weighted by Gasteiger charge is 2.11. The Balaban J connectivity index is 2.56. The van der Waals surface area contributed by atoms with Gasteiger partial charge in [-0.1, -0.05) is 25.4 Å². The molecule has 1 aromatic rings. The van der Waals surface area contributed by atoms with E-state index >= 15 is 0 Å². The Labute approximate surface area is 101 Å². The van der Waals surface area contributed by atoms with Gasteiger partial charge in [-0.05, 0) is 18.8 Å². The number of aliphatic hydroxyl groups is 1. The standard InChI is InChI=1S/C11H18ClN3O/c1-3-9(4-8(2)7-16)14-11-6-13-5-10(12)15-11/h5-6,8-9,16H,3-4,7H2,1-2H3,(H,14,15). The number of rotatable bonds is 6. The van der Waals surface area contributed by atoms with Gasteiger partial charge in [-0.15, -0.1) is 0 Å². The summed E-state index contributed by atoms with van der Waals surface area (Å²) in [5.74, 6) is 0.967. The average molecular weight is 244 g/mol. The van der Waals surface area contributed by atoms with Crippen molar-refractivity contribution in [2.24, 2.45) is 5.92 Å². The minimum atomic E-state index is 0.208. The van der Waals surface area contributed by atoms with Gasteiger partial charge < -0.3 is 10.4 Å². The summed E-state index contributed by atoms with van der Waals surface area (Å²) in [4.78, 5) is 8.09. The van der Waals surface area contributed by atoms with Gasteiger partial charge in [0.05, 0.1) is 12.4 Å². The number of aromatic nitrogens is 2. The zero-order valence-corrected chi connectivity index (χ0v) is 10.4. The first-order valence-corrected chi connectivity index (χ1v) is 5.88. The summed E-state index contributed by atoms with van der Waals surface area (Å²) in [5, 5.41) is 12.7. The first-order chi connectivity index (χ1) is 7.65. The summed E-state index contributed by atoms with van der Waals surface area (Å²) in [7, 11) is 0. The molecule has 0 aliphatic rings. The summed E-state index contributed by atoms with van der Waals surface area (Å²) in [6, 6.07) is 0.287. The molecule has 0 aromatic carbocycles. The molecular weight excluding hydrogens is 226 g/mol. The third-order valence-electron chi connectivity index (χ3n) is 2.45. The largest absolute Gasteiger partial charge is 0.396 e. The summed E-state index contributed by atoms with van der Waals surface area (Å²) in [5.41, 5.74) is 0. The first kappa shape index (κ1) is 13.2. The minimum absolute atomic E-state index is 0.208. The van der Waals surface area contributed by atoms with Gasteiger partial charge in [-0.25, -0.2) is 4.98 Å². The normalized spacial score (nSPS) is 14.5. The molecule has 5 heteroatoms. The van der Waals surface area contributed by atoms with Gasteiger partial charge in [0.2, 0.25) is 0 Å². The zero-order valence-electron chi connectivity index (χ0n) is 9.65. The first-order valence-electron chi connectivity index (χ1n) is 5.50. The number of aliphatic hydroxyl groups excluding tert-OH is 1. The van der Waals surface area contributed by atoms with Crippen molar-refractivity contribution >= 4 is 17.4 Å². The van der Waals surface area contributed by atoms with Crippen molar-refractivity contribution in [3.8, 4) is 0 Å². The van der Waals surface area contributed by atoms with Crippen molar-refractivity contribution in [2.75, 3.05) is 11.9 Å². The van der Waals surface area contributed by atoms with Crippen LogP contribution in [-0.4, -0.2) is 27.7 Å². The minimum Gasteiger partial charge on any atom is -0.396 e. The molecule has 4 nitrogen and oxygen atoms in total. The van der Waals surface area contributed by atoms with E-state index in [0.717, 1.165) is 12.8 Å². The Morgan fingerprint density at radius 3 is 2.81 bits per heavy atom. The molecule has 0 saturated heterocycles. The molecule has 1 heterocycles. The predicted molar refractivity (Wildman–Crippen MR) is 65.6 cm³/mol. The number of halogens is 1. The molecule has 16 heavy (non-hydrogen) atoms. The maximum atomic E-state index is 9.01. The van der Waals surface area contributed by atoms with Crippen molar-refractivity contribution in [3.63, 3.8) is 0 Å². The molecule has 1 rings (SSSR count). The molecule has 1 aromatic heterocycles. The third kappa shape index (κ3) is 4.33. The molecule has 0 fully saturated rings. The zero-order chi connectivity index (χ0) is 12.0. The van der Waals surface area contributed by atoms with Crippen molar-refractivity contribution in [1.82, 2.24) is 9.97 Å². The van der Waals surface area contributed by atoms with Crippen LogP contribution in [0.3, 0.4) is 0 Å². The Kier molecular flexibility index (Phi) is 5.49. The van der Waals surface area contributed by atoms with E-state index in [0.29, 0.717) is 11.0 Å². The van der Waals surface area contributed by atoms with Crippen molar-refractivity contribution in [1.29, 1.82) is 0 Å². The van der Waals surface area contributed by atoms with Gasteiger partial charge in [0.15, 0.2) is 0 Å². The van der Waals surface area contributed by atoms with Crippen LogP contribution in [0.4, 0.5) is 5.82 Å². The fraction of sp³-hybridized carbons (Fsp3) is 0.636. The van der Waals surface area contributed by atoms with Crippen LogP contribution >= 0.6 is 11.6 Å². The second-order valence-corrected chi connectivity index (χ2v) is 4.39.